The number of hydrogen-bond donors (Lipinski definition) is 0. The van der Waals surface area contributed by atoms with E-state index in [9.17, 15) is 9.59 Å². The van der Waals surface area contributed by atoms with Gasteiger partial charge in [0, 0.05) is 26.2 Å². The summed E-state index contributed by atoms with van der Waals surface area (Å²) < 4.78 is 0. The van der Waals surface area contributed by atoms with Crippen molar-refractivity contribution < 1.29 is 9.59 Å². The molecule has 0 radical (unpaired) electrons. The molecule has 0 aromatic heterocycles. The molecular weight excluding hydrogens is 266 g/mol. The van der Waals surface area contributed by atoms with Gasteiger partial charge in [-0.1, -0.05) is 25.5 Å². The highest BCUT2D eigenvalue weighted by Gasteiger charge is 2.39. The molecule has 5 heteroatoms. The normalized spacial score (nSPS) is 20.1. The molecule has 2 aliphatic rings. The summed E-state index contributed by atoms with van der Waals surface area (Å²) >= 11 is 0. The third-order valence-electron chi connectivity index (χ3n) is 4.23. The van der Waals surface area contributed by atoms with Gasteiger partial charge in [0.05, 0.1) is 11.1 Å². The van der Waals surface area contributed by atoms with Crippen LogP contribution >= 0.6 is 0 Å². The third kappa shape index (κ3) is 2.59. The average Bonchev–Trinajstić information content (AvgIpc) is 2.78. The van der Waals surface area contributed by atoms with Crippen LogP contribution in [0.5, 0.6) is 0 Å². The van der Waals surface area contributed by atoms with Crippen molar-refractivity contribution in [3.05, 3.63) is 35.4 Å². The number of nitrogens with zero attached hydrogens (tertiary/aromatic N) is 3. The van der Waals surface area contributed by atoms with E-state index >= 15 is 0 Å². The van der Waals surface area contributed by atoms with Crippen LogP contribution in [-0.4, -0.2) is 59.5 Å². The third-order valence-corrected chi connectivity index (χ3v) is 4.23. The first-order chi connectivity index (χ1) is 10.2. The van der Waals surface area contributed by atoms with E-state index in [0.29, 0.717) is 11.1 Å². The maximum atomic E-state index is 12.4. The Labute approximate surface area is 125 Å². The van der Waals surface area contributed by atoms with Crippen LogP contribution in [0.25, 0.3) is 0 Å². The molecule has 2 amide bonds. The van der Waals surface area contributed by atoms with E-state index in [1.54, 1.807) is 24.3 Å². The molecule has 2 aliphatic heterocycles. The van der Waals surface area contributed by atoms with E-state index in [1.807, 2.05) is 5.01 Å². The zero-order valence-electron chi connectivity index (χ0n) is 12.4. The fourth-order valence-corrected chi connectivity index (χ4v) is 2.98. The van der Waals surface area contributed by atoms with Gasteiger partial charge in [0.1, 0.15) is 0 Å². The predicted molar refractivity (Wildman–Crippen MR) is 79.9 cm³/mol. The van der Waals surface area contributed by atoms with Crippen molar-refractivity contribution in [3.8, 4) is 0 Å². The average molecular weight is 287 g/mol. The summed E-state index contributed by atoms with van der Waals surface area (Å²) in [6.07, 6.45) is 2.39. The summed E-state index contributed by atoms with van der Waals surface area (Å²) in [6, 6.07) is 7.06. The van der Waals surface area contributed by atoms with E-state index in [1.165, 1.54) is 17.9 Å². The summed E-state index contributed by atoms with van der Waals surface area (Å²) in [5, 5.41) is 3.23. The van der Waals surface area contributed by atoms with Crippen molar-refractivity contribution in [1.29, 1.82) is 0 Å². The monoisotopic (exact) mass is 287 g/mol. The molecular formula is C16H21N3O2. The topological polar surface area (TPSA) is 43.9 Å². The second-order valence-corrected chi connectivity index (χ2v) is 5.62. The number of carbonyl (C=O) groups excluding carboxylic acids is 2. The minimum absolute atomic E-state index is 0.183. The van der Waals surface area contributed by atoms with Gasteiger partial charge in [0.25, 0.3) is 11.8 Å². The first-order valence-corrected chi connectivity index (χ1v) is 7.67. The fraction of sp³-hybridized carbons (Fsp3) is 0.500. The molecule has 3 rings (SSSR count). The highest BCUT2D eigenvalue weighted by atomic mass is 16.2. The van der Waals surface area contributed by atoms with Crippen LogP contribution in [0.2, 0.25) is 0 Å². The Hall–Kier alpha value is -1.72. The van der Waals surface area contributed by atoms with Crippen molar-refractivity contribution in [2.24, 2.45) is 0 Å². The number of hydrazine groups is 1. The molecule has 112 valence electrons. The Balaban J connectivity index is 1.67. The van der Waals surface area contributed by atoms with Gasteiger partial charge in [-0.05, 0) is 25.1 Å². The van der Waals surface area contributed by atoms with Gasteiger partial charge in [-0.15, -0.1) is 0 Å². The number of amides is 2. The maximum Gasteiger partial charge on any atom is 0.276 e. The van der Waals surface area contributed by atoms with E-state index in [-0.39, 0.29) is 11.8 Å². The molecule has 0 saturated carbocycles. The first kappa shape index (κ1) is 14.2. The number of rotatable bonds is 4. The smallest absolute Gasteiger partial charge is 0.276 e. The van der Waals surface area contributed by atoms with Crippen LogP contribution in [0.1, 0.15) is 40.5 Å². The van der Waals surface area contributed by atoms with Gasteiger partial charge >= 0.3 is 0 Å². The Kier molecular flexibility index (Phi) is 4.03. The zero-order valence-corrected chi connectivity index (χ0v) is 12.4. The van der Waals surface area contributed by atoms with Crippen LogP contribution < -0.4 is 0 Å². The Bertz CT molecular complexity index is 515. The van der Waals surface area contributed by atoms with Gasteiger partial charge in [-0.2, -0.15) is 0 Å². The number of unbranched alkanes of at least 4 members (excludes halogenated alkanes) is 1. The molecule has 2 heterocycles. The molecule has 0 atom stereocenters. The molecule has 0 aliphatic carbocycles. The van der Waals surface area contributed by atoms with Crippen LogP contribution in [0.15, 0.2) is 24.3 Å². The molecule has 1 aromatic carbocycles. The summed E-state index contributed by atoms with van der Waals surface area (Å²) in [5.74, 6) is -0.366. The minimum atomic E-state index is -0.183. The predicted octanol–water partition coefficient (Wildman–Crippen LogP) is 1.62. The van der Waals surface area contributed by atoms with Gasteiger partial charge in [-0.25, -0.2) is 10.0 Å². The quantitative estimate of drug-likeness (QED) is 0.789. The summed E-state index contributed by atoms with van der Waals surface area (Å²) in [6.45, 7) is 6.58. The number of benzene rings is 1. The number of hydrogen-bond acceptors (Lipinski definition) is 4. The molecule has 0 N–H and O–H groups in total. The van der Waals surface area contributed by atoms with Crippen LogP contribution in [0.3, 0.4) is 0 Å². The van der Waals surface area contributed by atoms with E-state index in [0.717, 1.165) is 32.7 Å². The summed E-state index contributed by atoms with van der Waals surface area (Å²) in [7, 11) is 0. The minimum Gasteiger partial charge on any atom is -0.301 e. The van der Waals surface area contributed by atoms with E-state index in [2.05, 4.69) is 11.8 Å². The Morgan fingerprint density at radius 3 is 2.05 bits per heavy atom. The standard InChI is InChI=1S/C16H21N3O2/c1-2-3-8-17-9-11-18(12-10-17)19-15(20)13-6-4-5-7-14(13)16(19)21/h4-7H,2-3,8-12H2,1H3. The second-order valence-electron chi connectivity index (χ2n) is 5.62. The fourth-order valence-electron chi connectivity index (χ4n) is 2.98. The molecule has 21 heavy (non-hydrogen) atoms. The maximum absolute atomic E-state index is 12.4. The molecule has 5 nitrogen and oxygen atoms in total. The largest absolute Gasteiger partial charge is 0.301 e. The molecule has 0 unspecified atom stereocenters. The second kappa shape index (κ2) is 5.95. The SMILES string of the molecule is CCCCN1CCN(N2C(=O)c3ccccc3C2=O)CC1. The summed E-state index contributed by atoms with van der Waals surface area (Å²) in [4.78, 5) is 27.2. The van der Waals surface area contributed by atoms with Gasteiger partial charge in [0.2, 0.25) is 0 Å². The Morgan fingerprint density at radius 1 is 0.952 bits per heavy atom. The van der Waals surface area contributed by atoms with Crippen molar-refractivity contribution in [2.75, 3.05) is 32.7 Å². The molecule has 0 bridgehead atoms. The van der Waals surface area contributed by atoms with Gasteiger partial charge < -0.3 is 4.90 Å². The first-order valence-electron chi connectivity index (χ1n) is 7.67. The highest BCUT2D eigenvalue weighted by Crippen LogP contribution is 2.24. The van der Waals surface area contributed by atoms with Crippen molar-refractivity contribution in [2.45, 2.75) is 19.8 Å². The van der Waals surface area contributed by atoms with Gasteiger partial charge in [0.15, 0.2) is 0 Å². The lowest BCUT2D eigenvalue weighted by atomic mass is 10.1. The zero-order chi connectivity index (χ0) is 14.8. The number of piperazine rings is 1. The number of fused-ring (bicyclic) bond motifs is 1. The van der Waals surface area contributed by atoms with Crippen LogP contribution in [0.4, 0.5) is 0 Å². The molecule has 1 aromatic rings. The Morgan fingerprint density at radius 2 is 1.52 bits per heavy atom. The van der Waals surface area contributed by atoms with Crippen molar-refractivity contribution in [3.63, 3.8) is 0 Å². The van der Waals surface area contributed by atoms with Gasteiger partial charge in [-0.3, -0.25) is 9.59 Å². The lowest BCUT2D eigenvalue weighted by Gasteiger charge is -2.38. The molecule has 0 spiro atoms. The molecule has 1 fully saturated rings. The lowest BCUT2D eigenvalue weighted by molar-refractivity contribution is -0.0211. The highest BCUT2D eigenvalue weighted by molar-refractivity contribution is 6.20. The summed E-state index contributed by atoms with van der Waals surface area (Å²) in [5.41, 5.74) is 1.05. The number of imide groups is 1. The van der Waals surface area contributed by atoms with Crippen molar-refractivity contribution >= 4 is 11.8 Å². The van der Waals surface area contributed by atoms with Crippen LogP contribution in [0, 0.1) is 0 Å². The van der Waals surface area contributed by atoms with Crippen LogP contribution in [-0.2, 0) is 0 Å². The lowest BCUT2D eigenvalue weighted by Crippen LogP contribution is -2.55. The van der Waals surface area contributed by atoms with E-state index < -0.39 is 0 Å². The van der Waals surface area contributed by atoms with E-state index in [4.69, 9.17) is 0 Å². The molecule has 1 saturated heterocycles. The number of carbonyl (C=O) groups is 2. The van der Waals surface area contributed by atoms with Crippen molar-refractivity contribution in [1.82, 2.24) is 14.9 Å².